The molecule has 0 saturated heterocycles. The molecule has 2 saturated carbocycles. The summed E-state index contributed by atoms with van der Waals surface area (Å²) >= 11 is 0. The molecule has 15 heavy (non-hydrogen) atoms. The molecule has 0 aromatic rings. The largest absolute Gasteiger partial charge is 0.316 e. The Morgan fingerprint density at radius 2 is 1.93 bits per heavy atom. The van der Waals surface area contributed by atoms with E-state index < -0.39 is 0 Å². The maximum Gasteiger partial charge on any atom is -0.00178 e. The van der Waals surface area contributed by atoms with Gasteiger partial charge in [0.25, 0.3) is 0 Å². The maximum atomic E-state index is 3.67. The summed E-state index contributed by atoms with van der Waals surface area (Å²) in [5.74, 6) is 3.20. The third-order valence-corrected chi connectivity index (χ3v) is 4.34. The molecule has 0 radical (unpaired) electrons. The lowest BCUT2D eigenvalue weighted by Gasteiger charge is -2.23. The van der Waals surface area contributed by atoms with Crippen molar-refractivity contribution >= 4 is 0 Å². The molecule has 0 aliphatic heterocycles. The Bertz CT molecular complexity index is 204. The zero-order valence-electron chi connectivity index (χ0n) is 10.7. The molecular weight excluding hydrogens is 182 g/mol. The monoisotopic (exact) mass is 209 g/mol. The van der Waals surface area contributed by atoms with Crippen LogP contribution in [0.2, 0.25) is 0 Å². The molecule has 0 amide bonds. The predicted octanol–water partition coefficient (Wildman–Crippen LogP) is 3.45. The van der Waals surface area contributed by atoms with Crippen molar-refractivity contribution in [2.75, 3.05) is 13.1 Å². The van der Waals surface area contributed by atoms with Gasteiger partial charge >= 0.3 is 0 Å². The summed E-state index contributed by atoms with van der Waals surface area (Å²) in [5, 5.41) is 3.67. The third kappa shape index (κ3) is 3.21. The van der Waals surface area contributed by atoms with Gasteiger partial charge in [0.15, 0.2) is 0 Å². The van der Waals surface area contributed by atoms with Gasteiger partial charge in [-0.1, -0.05) is 27.2 Å². The molecule has 0 aromatic heterocycles. The van der Waals surface area contributed by atoms with Crippen LogP contribution in [0.1, 0.15) is 52.9 Å². The van der Waals surface area contributed by atoms with Crippen LogP contribution in [0.5, 0.6) is 0 Å². The molecule has 2 aliphatic carbocycles. The Morgan fingerprint density at radius 3 is 2.47 bits per heavy atom. The van der Waals surface area contributed by atoms with Crippen molar-refractivity contribution in [1.82, 2.24) is 5.32 Å². The van der Waals surface area contributed by atoms with Crippen LogP contribution in [-0.2, 0) is 0 Å². The molecule has 2 bridgehead atoms. The first-order valence-electron chi connectivity index (χ1n) is 6.75. The second-order valence-electron chi connectivity index (χ2n) is 6.95. The highest BCUT2D eigenvalue weighted by molar-refractivity contribution is 4.90. The van der Waals surface area contributed by atoms with Gasteiger partial charge in [0.2, 0.25) is 0 Å². The Labute approximate surface area is 95.0 Å². The average Bonchev–Trinajstić information content (AvgIpc) is 2.71. The molecule has 1 heteroatoms. The van der Waals surface area contributed by atoms with Crippen LogP contribution in [0.15, 0.2) is 0 Å². The number of hydrogen-bond donors (Lipinski definition) is 1. The van der Waals surface area contributed by atoms with Crippen molar-refractivity contribution in [3.05, 3.63) is 0 Å². The van der Waals surface area contributed by atoms with Crippen LogP contribution in [-0.4, -0.2) is 13.1 Å². The van der Waals surface area contributed by atoms with Gasteiger partial charge in [-0.2, -0.15) is 0 Å². The molecule has 2 fully saturated rings. The minimum absolute atomic E-state index is 0.488. The first-order chi connectivity index (χ1) is 7.04. The van der Waals surface area contributed by atoms with E-state index in [-0.39, 0.29) is 0 Å². The number of rotatable bonds is 4. The second kappa shape index (κ2) is 4.45. The number of hydrogen-bond acceptors (Lipinski definition) is 1. The third-order valence-electron chi connectivity index (χ3n) is 4.34. The van der Waals surface area contributed by atoms with Crippen molar-refractivity contribution in [3.8, 4) is 0 Å². The Morgan fingerprint density at radius 1 is 1.13 bits per heavy atom. The summed E-state index contributed by atoms with van der Waals surface area (Å²) in [7, 11) is 0. The Balaban J connectivity index is 1.59. The van der Waals surface area contributed by atoms with E-state index in [0.717, 1.165) is 17.8 Å². The highest BCUT2D eigenvalue weighted by atomic mass is 14.9. The highest BCUT2D eigenvalue weighted by Gasteiger charge is 2.38. The summed E-state index contributed by atoms with van der Waals surface area (Å²) in [5.41, 5.74) is 0.488. The van der Waals surface area contributed by atoms with Crippen LogP contribution in [0.25, 0.3) is 0 Å². The van der Waals surface area contributed by atoms with Crippen molar-refractivity contribution in [3.63, 3.8) is 0 Å². The zero-order chi connectivity index (χ0) is 10.9. The van der Waals surface area contributed by atoms with Crippen LogP contribution in [0, 0.1) is 23.2 Å². The predicted molar refractivity (Wildman–Crippen MR) is 65.9 cm³/mol. The van der Waals surface area contributed by atoms with E-state index in [1.807, 2.05) is 0 Å². The minimum atomic E-state index is 0.488. The summed E-state index contributed by atoms with van der Waals surface area (Å²) in [4.78, 5) is 0. The summed E-state index contributed by atoms with van der Waals surface area (Å²) in [6.07, 6.45) is 7.42. The molecular formula is C14H27N. The Hall–Kier alpha value is -0.0400. The minimum Gasteiger partial charge on any atom is -0.316 e. The second-order valence-corrected chi connectivity index (χ2v) is 6.95. The lowest BCUT2D eigenvalue weighted by molar-refractivity contribution is 0.304. The van der Waals surface area contributed by atoms with Gasteiger partial charge in [0.05, 0.1) is 0 Å². The van der Waals surface area contributed by atoms with Crippen molar-refractivity contribution in [2.24, 2.45) is 23.2 Å². The fourth-order valence-electron chi connectivity index (χ4n) is 3.38. The molecule has 1 N–H and O–H groups in total. The van der Waals surface area contributed by atoms with Gasteiger partial charge in [-0.25, -0.2) is 0 Å². The van der Waals surface area contributed by atoms with E-state index in [9.17, 15) is 0 Å². The molecule has 2 aliphatic rings. The van der Waals surface area contributed by atoms with E-state index >= 15 is 0 Å². The van der Waals surface area contributed by atoms with Crippen molar-refractivity contribution in [1.29, 1.82) is 0 Å². The van der Waals surface area contributed by atoms with Gasteiger partial charge in [-0.15, -0.1) is 0 Å². The number of nitrogens with one attached hydrogen (secondary N) is 1. The molecule has 2 rings (SSSR count). The molecule has 1 nitrogen and oxygen atoms in total. The smallest absolute Gasteiger partial charge is 0.00178 e. The molecule has 0 aromatic carbocycles. The van der Waals surface area contributed by atoms with E-state index in [1.54, 1.807) is 6.42 Å². The molecule has 88 valence electrons. The first kappa shape index (κ1) is 11.4. The standard InChI is InChI=1S/C14H27N/c1-14(2,3)6-7-15-10-13-9-11-4-5-12(13)8-11/h11-13,15H,4-10H2,1-3H3. The molecule has 3 unspecified atom stereocenters. The average molecular weight is 209 g/mol. The fraction of sp³-hybridized carbons (Fsp3) is 1.00. The summed E-state index contributed by atoms with van der Waals surface area (Å²) in [6.45, 7) is 9.47. The fourth-order valence-corrected chi connectivity index (χ4v) is 3.38. The number of fused-ring (bicyclic) bond motifs is 2. The highest BCUT2D eigenvalue weighted by Crippen LogP contribution is 2.47. The van der Waals surface area contributed by atoms with Gasteiger partial charge in [-0.3, -0.25) is 0 Å². The molecule has 0 heterocycles. The van der Waals surface area contributed by atoms with Crippen LogP contribution >= 0.6 is 0 Å². The van der Waals surface area contributed by atoms with Gasteiger partial charge in [-0.05, 0) is 61.9 Å². The normalized spacial score (nSPS) is 35.0. The first-order valence-corrected chi connectivity index (χ1v) is 6.75. The maximum absolute atomic E-state index is 3.67. The zero-order valence-corrected chi connectivity index (χ0v) is 10.7. The van der Waals surface area contributed by atoms with Crippen molar-refractivity contribution in [2.45, 2.75) is 52.9 Å². The SMILES string of the molecule is CC(C)(C)CCNCC1CC2CCC1C2. The lowest BCUT2D eigenvalue weighted by Crippen LogP contribution is -2.29. The van der Waals surface area contributed by atoms with Gasteiger partial charge in [0, 0.05) is 0 Å². The lowest BCUT2D eigenvalue weighted by atomic mass is 9.88. The van der Waals surface area contributed by atoms with E-state index in [4.69, 9.17) is 0 Å². The summed E-state index contributed by atoms with van der Waals surface area (Å²) < 4.78 is 0. The van der Waals surface area contributed by atoms with E-state index in [2.05, 4.69) is 26.1 Å². The van der Waals surface area contributed by atoms with Crippen LogP contribution in [0.4, 0.5) is 0 Å². The quantitative estimate of drug-likeness (QED) is 0.699. The van der Waals surface area contributed by atoms with Gasteiger partial charge in [0.1, 0.15) is 0 Å². The van der Waals surface area contributed by atoms with Crippen LogP contribution in [0.3, 0.4) is 0 Å². The van der Waals surface area contributed by atoms with E-state index in [1.165, 1.54) is 38.8 Å². The van der Waals surface area contributed by atoms with E-state index in [0.29, 0.717) is 5.41 Å². The Kier molecular flexibility index (Phi) is 3.39. The van der Waals surface area contributed by atoms with Gasteiger partial charge < -0.3 is 5.32 Å². The van der Waals surface area contributed by atoms with Crippen molar-refractivity contribution < 1.29 is 0 Å². The molecule has 3 atom stereocenters. The topological polar surface area (TPSA) is 12.0 Å². The summed E-state index contributed by atoms with van der Waals surface area (Å²) in [6, 6.07) is 0. The van der Waals surface area contributed by atoms with Crippen LogP contribution < -0.4 is 5.32 Å². The molecule has 0 spiro atoms.